The maximum atomic E-state index is 12.1. The van der Waals surface area contributed by atoms with Gasteiger partial charge in [0.25, 0.3) is 0 Å². The monoisotopic (exact) mass is 387 g/mol. The van der Waals surface area contributed by atoms with Crippen LogP contribution in [0.5, 0.6) is 5.75 Å². The fourth-order valence-corrected chi connectivity index (χ4v) is 3.29. The van der Waals surface area contributed by atoms with Crippen LogP contribution in [0, 0.1) is 0 Å². The van der Waals surface area contributed by atoms with E-state index in [0.29, 0.717) is 22.1 Å². The molecule has 0 aromatic heterocycles. The van der Waals surface area contributed by atoms with Gasteiger partial charge >= 0.3 is 11.8 Å². The molecule has 2 aromatic rings. The molecule has 2 aromatic carbocycles. The minimum absolute atomic E-state index is 0.351. The summed E-state index contributed by atoms with van der Waals surface area (Å²) in [5.74, 6) is -1.02. The largest absolute Gasteiger partial charge is 0.495 e. The van der Waals surface area contributed by atoms with E-state index in [4.69, 9.17) is 16.3 Å². The van der Waals surface area contributed by atoms with Gasteiger partial charge in [0.15, 0.2) is 0 Å². The van der Waals surface area contributed by atoms with Crippen molar-refractivity contribution in [2.75, 3.05) is 35.7 Å². The molecule has 1 aliphatic heterocycles. The third-order valence-corrected chi connectivity index (χ3v) is 4.76. The van der Waals surface area contributed by atoms with E-state index < -0.39 is 11.8 Å². The Kier molecular flexibility index (Phi) is 6.19. The standard InChI is InChI=1S/C20H22ClN3O3/c1-27-18-10-7-15(13-17(18)21)23-20(26)19(25)22-14-5-8-16(9-6-14)24-11-3-2-4-12-24/h5-10,13H,2-4,11-12H2,1H3,(H,22,25)(H,23,26). The number of carbonyl (C=O) groups is 2. The smallest absolute Gasteiger partial charge is 0.314 e. The Morgan fingerprint density at radius 3 is 2.11 bits per heavy atom. The highest BCUT2D eigenvalue weighted by atomic mass is 35.5. The zero-order valence-corrected chi connectivity index (χ0v) is 15.9. The van der Waals surface area contributed by atoms with Gasteiger partial charge in [0, 0.05) is 30.2 Å². The Labute approximate surface area is 163 Å². The lowest BCUT2D eigenvalue weighted by molar-refractivity contribution is -0.132. The first kappa shape index (κ1) is 19.0. The lowest BCUT2D eigenvalue weighted by Gasteiger charge is -2.28. The number of hydrogen-bond acceptors (Lipinski definition) is 4. The minimum atomic E-state index is -0.767. The number of anilines is 3. The van der Waals surface area contributed by atoms with Crippen LogP contribution in [0.4, 0.5) is 17.1 Å². The molecule has 1 aliphatic rings. The molecule has 27 heavy (non-hydrogen) atoms. The molecular formula is C20H22ClN3O3. The van der Waals surface area contributed by atoms with E-state index in [-0.39, 0.29) is 0 Å². The van der Waals surface area contributed by atoms with Crippen LogP contribution in [-0.2, 0) is 9.59 Å². The van der Waals surface area contributed by atoms with E-state index in [1.807, 2.05) is 12.1 Å². The molecule has 142 valence electrons. The predicted molar refractivity (Wildman–Crippen MR) is 108 cm³/mol. The van der Waals surface area contributed by atoms with Gasteiger partial charge in [-0.2, -0.15) is 0 Å². The summed E-state index contributed by atoms with van der Waals surface area (Å²) in [5.41, 5.74) is 2.12. The summed E-state index contributed by atoms with van der Waals surface area (Å²) in [6, 6.07) is 12.3. The molecule has 0 atom stereocenters. The molecule has 0 spiro atoms. The SMILES string of the molecule is COc1ccc(NC(=O)C(=O)Nc2ccc(N3CCCCC3)cc2)cc1Cl. The Morgan fingerprint density at radius 1 is 0.926 bits per heavy atom. The number of carbonyl (C=O) groups excluding carboxylic acids is 2. The number of nitrogens with zero attached hydrogens (tertiary/aromatic N) is 1. The summed E-state index contributed by atoms with van der Waals surface area (Å²) in [6.45, 7) is 2.11. The summed E-state index contributed by atoms with van der Waals surface area (Å²) in [5, 5.41) is 5.47. The Hall–Kier alpha value is -2.73. The highest BCUT2D eigenvalue weighted by molar-refractivity contribution is 6.43. The van der Waals surface area contributed by atoms with E-state index in [1.165, 1.54) is 32.4 Å². The molecule has 0 unspecified atom stereocenters. The van der Waals surface area contributed by atoms with Crippen molar-refractivity contribution in [3.05, 3.63) is 47.5 Å². The zero-order valence-electron chi connectivity index (χ0n) is 15.1. The Bertz CT molecular complexity index is 818. The van der Waals surface area contributed by atoms with E-state index in [0.717, 1.165) is 18.8 Å². The molecule has 0 radical (unpaired) electrons. The maximum absolute atomic E-state index is 12.1. The minimum Gasteiger partial charge on any atom is -0.495 e. The third-order valence-electron chi connectivity index (χ3n) is 4.46. The van der Waals surface area contributed by atoms with Crippen LogP contribution in [0.3, 0.4) is 0 Å². The molecule has 1 saturated heterocycles. The molecule has 1 heterocycles. The van der Waals surface area contributed by atoms with Crippen molar-refractivity contribution in [3.8, 4) is 5.75 Å². The lowest BCUT2D eigenvalue weighted by atomic mass is 10.1. The maximum Gasteiger partial charge on any atom is 0.314 e. The molecule has 1 fully saturated rings. The second kappa shape index (κ2) is 8.77. The molecule has 2 N–H and O–H groups in total. The summed E-state index contributed by atoms with van der Waals surface area (Å²) in [7, 11) is 1.50. The predicted octanol–water partition coefficient (Wildman–Crippen LogP) is 3.92. The van der Waals surface area contributed by atoms with Gasteiger partial charge in [-0.25, -0.2) is 0 Å². The number of nitrogens with one attached hydrogen (secondary N) is 2. The van der Waals surface area contributed by atoms with Gasteiger partial charge in [-0.3, -0.25) is 9.59 Å². The number of piperidine rings is 1. The summed E-state index contributed by atoms with van der Waals surface area (Å²) >= 11 is 6.02. The number of methoxy groups -OCH3 is 1. The average molecular weight is 388 g/mol. The van der Waals surface area contributed by atoms with Crippen molar-refractivity contribution < 1.29 is 14.3 Å². The van der Waals surface area contributed by atoms with Crippen molar-refractivity contribution in [2.45, 2.75) is 19.3 Å². The van der Waals surface area contributed by atoms with E-state index in [2.05, 4.69) is 15.5 Å². The van der Waals surface area contributed by atoms with Crippen LogP contribution in [0.25, 0.3) is 0 Å². The zero-order chi connectivity index (χ0) is 19.2. The Morgan fingerprint density at radius 2 is 1.52 bits per heavy atom. The summed E-state index contributed by atoms with van der Waals surface area (Å²) < 4.78 is 5.06. The van der Waals surface area contributed by atoms with E-state index in [9.17, 15) is 9.59 Å². The van der Waals surface area contributed by atoms with Crippen LogP contribution in [0.2, 0.25) is 5.02 Å². The summed E-state index contributed by atoms with van der Waals surface area (Å²) in [6.07, 6.45) is 3.68. The van der Waals surface area contributed by atoms with Gasteiger partial charge in [-0.05, 0) is 61.7 Å². The number of rotatable bonds is 4. The molecule has 0 saturated carbocycles. The number of ether oxygens (including phenoxy) is 1. The molecular weight excluding hydrogens is 366 g/mol. The van der Waals surface area contributed by atoms with E-state index in [1.54, 1.807) is 24.3 Å². The fraction of sp³-hybridized carbons (Fsp3) is 0.300. The first-order chi connectivity index (χ1) is 13.1. The van der Waals surface area contributed by atoms with Gasteiger partial charge in [0.1, 0.15) is 5.75 Å². The highest BCUT2D eigenvalue weighted by Gasteiger charge is 2.16. The molecule has 0 bridgehead atoms. The van der Waals surface area contributed by atoms with Crippen molar-refractivity contribution in [1.29, 1.82) is 0 Å². The third kappa shape index (κ3) is 4.92. The molecule has 6 nitrogen and oxygen atoms in total. The topological polar surface area (TPSA) is 70.7 Å². The van der Waals surface area contributed by atoms with Gasteiger partial charge in [0.05, 0.1) is 12.1 Å². The van der Waals surface area contributed by atoms with E-state index >= 15 is 0 Å². The molecule has 2 amide bonds. The molecule has 3 rings (SSSR count). The van der Waals surface area contributed by atoms with Crippen molar-refractivity contribution in [1.82, 2.24) is 0 Å². The van der Waals surface area contributed by atoms with Crippen molar-refractivity contribution in [3.63, 3.8) is 0 Å². The van der Waals surface area contributed by atoms with Crippen LogP contribution < -0.4 is 20.3 Å². The van der Waals surface area contributed by atoms with Crippen LogP contribution in [0.15, 0.2) is 42.5 Å². The quantitative estimate of drug-likeness (QED) is 0.780. The van der Waals surface area contributed by atoms with Gasteiger partial charge in [0.2, 0.25) is 0 Å². The number of halogens is 1. The summed E-state index contributed by atoms with van der Waals surface area (Å²) in [4.78, 5) is 26.5. The highest BCUT2D eigenvalue weighted by Crippen LogP contribution is 2.27. The van der Waals surface area contributed by atoms with Crippen molar-refractivity contribution in [2.24, 2.45) is 0 Å². The average Bonchev–Trinajstić information content (AvgIpc) is 2.69. The fourth-order valence-electron chi connectivity index (χ4n) is 3.03. The van der Waals surface area contributed by atoms with Crippen molar-refractivity contribution >= 4 is 40.5 Å². The first-order valence-electron chi connectivity index (χ1n) is 8.88. The van der Waals surface area contributed by atoms with Crippen LogP contribution >= 0.6 is 11.6 Å². The van der Waals surface area contributed by atoms with Crippen LogP contribution in [0.1, 0.15) is 19.3 Å². The second-order valence-corrected chi connectivity index (χ2v) is 6.76. The van der Waals surface area contributed by atoms with Crippen LogP contribution in [-0.4, -0.2) is 32.0 Å². The molecule has 0 aliphatic carbocycles. The number of hydrogen-bond donors (Lipinski definition) is 2. The van der Waals surface area contributed by atoms with Gasteiger partial charge in [-0.1, -0.05) is 11.6 Å². The normalized spacial score (nSPS) is 13.8. The number of amides is 2. The first-order valence-corrected chi connectivity index (χ1v) is 9.25. The number of benzene rings is 2. The van der Waals surface area contributed by atoms with Gasteiger partial charge < -0.3 is 20.3 Å². The Balaban J connectivity index is 1.57. The second-order valence-electron chi connectivity index (χ2n) is 6.35. The van der Waals surface area contributed by atoms with Gasteiger partial charge in [-0.15, -0.1) is 0 Å². The molecule has 7 heteroatoms. The lowest BCUT2D eigenvalue weighted by Crippen LogP contribution is -2.30.